The molecule has 1 aliphatic heterocycles. The van der Waals surface area contributed by atoms with Gasteiger partial charge in [-0.2, -0.15) is 10.2 Å². The van der Waals surface area contributed by atoms with Crippen molar-refractivity contribution in [1.82, 2.24) is 0 Å². The molecule has 0 amide bonds. The summed E-state index contributed by atoms with van der Waals surface area (Å²) in [6.07, 6.45) is 1.41. The molecule has 0 aromatic carbocycles. The molecule has 2 nitrogen and oxygen atoms in total. The van der Waals surface area contributed by atoms with E-state index >= 15 is 0 Å². The van der Waals surface area contributed by atoms with Crippen LogP contribution >= 0.6 is 0 Å². The van der Waals surface area contributed by atoms with Crippen LogP contribution in [-0.4, -0.2) is 11.7 Å². The Morgan fingerprint density at radius 3 is 2.21 bits per heavy atom. The number of hydrogen-bond donors (Lipinski definition) is 0. The lowest BCUT2D eigenvalue weighted by molar-refractivity contribution is 0.118. The Kier molecular flexibility index (Phi) is 3.19. The molecule has 19 heavy (non-hydrogen) atoms. The molecule has 2 aliphatic rings. The van der Waals surface area contributed by atoms with Gasteiger partial charge in [0, 0.05) is 5.92 Å². The van der Waals surface area contributed by atoms with Gasteiger partial charge in [-0.25, -0.2) is 4.39 Å². The third-order valence-corrected chi connectivity index (χ3v) is 4.61. The summed E-state index contributed by atoms with van der Waals surface area (Å²) in [6, 6.07) is 0.150. The fraction of sp³-hybridized carbons (Fsp3) is 0.875. The van der Waals surface area contributed by atoms with E-state index < -0.39 is 5.67 Å². The van der Waals surface area contributed by atoms with Crippen molar-refractivity contribution >= 4 is 0 Å². The number of hydrogen-bond acceptors (Lipinski definition) is 2. The van der Waals surface area contributed by atoms with E-state index in [-0.39, 0.29) is 22.8 Å². The number of allylic oxidation sites excluding steroid dienone is 1. The van der Waals surface area contributed by atoms with Crippen molar-refractivity contribution in [2.24, 2.45) is 27.0 Å². The Balaban J connectivity index is 2.17. The summed E-state index contributed by atoms with van der Waals surface area (Å²) in [5.74, 6) is 0.115. The van der Waals surface area contributed by atoms with E-state index in [1.807, 2.05) is 20.8 Å². The van der Waals surface area contributed by atoms with Crippen molar-refractivity contribution in [1.29, 1.82) is 0 Å². The van der Waals surface area contributed by atoms with Gasteiger partial charge in [-0.15, -0.1) is 0 Å². The molecule has 1 aliphatic carbocycles. The highest BCUT2D eigenvalue weighted by molar-refractivity contribution is 5.29. The van der Waals surface area contributed by atoms with Crippen LogP contribution in [0.1, 0.15) is 61.3 Å². The quantitative estimate of drug-likeness (QED) is 0.647. The topological polar surface area (TPSA) is 24.7 Å². The molecule has 3 unspecified atom stereocenters. The van der Waals surface area contributed by atoms with Crippen LogP contribution in [0, 0.1) is 16.7 Å². The van der Waals surface area contributed by atoms with Gasteiger partial charge in [0.25, 0.3) is 0 Å². The second-order valence-electron chi connectivity index (χ2n) is 8.22. The first-order valence-electron chi connectivity index (χ1n) is 7.30. The summed E-state index contributed by atoms with van der Waals surface area (Å²) >= 11 is 0. The molecule has 1 saturated carbocycles. The molecule has 0 saturated heterocycles. The van der Waals surface area contributed by atoms with E-state index in [2.05, 4.69) is 37.9 Å². The maximum absolute atomic E-state index is 14.8. The highest BCUT2D eigenvalue weighted by atomic mass is 19.1. The summed E-state index contributed by atoms with van der Waals surface area (Å²) in [5, 5.41) is 8.62. The average Bonchev–Trinajstić information content (AvgIpc) is 2.68. The van der Waals surface area contributed by atoms with Crippen LogP contribution in [0.15, 0.2) is 21.5 Å². The van der Waals surface area contributed by atoms with Crippen LogP contribution < -0.4 is 0 Å². The van der Waals surface area contributed by atoms with Crippen LogP contribution in [0.3, 0.4) is 0 Å². The van der Waals surface area contributed by atoms with E-state index in [4.69, 9.17) is 0 Å². The molecular formula is C16H27FN2. The van der Waals surface area contributed by atoms with Gasteiger partial charge in [0.15, 0.2) is 0 Å². The predicted octanol–water partition coefficient (Wildman–Crippen LogP) is 5.31. The number of alkyl halides is 1. The molecule has 2 rings (SSSR count). The molecule has 3 heteroatoms. The first-order chi connectivity index (χ1) is 8.47. The summed E-state index contributed by atoms with van der Waals surface area (Å²) in [4.78, 5) is 0. The van der Waals surface area contributed by atoms with Crippen LogP contribution in [-0.2, 0) is 0 Å². The summed E-state index contributed by atoms with van der Waals surface area (Å²) in [5.41, 5.74) is 1.09. The maximum atomic E-state index is 14.8. The highest BCUT2D eigenvalue weighted by Crippen LogP contribution is 2.61. The van der Waals surface area contributed by atoms with Crippen molar-refractivity contribution in [2.45, 2.75) is 73.0 Å². The predicted molar refractivity (Wildman–Crippen MR) is 76.8 cm³/mol. The zero-order valence-electron chi connectivity index (χ0n) is 13.3. The van der Waals surface area contributed by atoms with Gasteiger partial charge in [0.2, 0.25) is 0 Å². The van der Waals surface area contributed by atoms with Crippen molar-refractivity contribution in [3.63, 3.8) is 0 Å². The van der Waals surface area contributed by atoms with Gasteiger partial charge in [-0.1, -0.05) is 41.5 Å². The third kappa shape index (κ3) is 2.48. The molecule has 1 fully saturated rings. The third-order valence-electron chi connectivity index (χ3n) is 4.61. The second kappa shape index (κ2) is 4.13. The van der Waals surface area contributed by atoms with E-state index in [0.29, 0.717) is 6.42 Å². The number of nitrogens with zero attached hydrogens (tertiary/aromatic N) is 2. The molecule has 0 aromatic heterocycles. The fourth-order valence-corrected chi connectivity index (χ4v) is 3.40. The molecule has 0 bridgehead atoms. The first kappa shape index (κ1) is 14.7. The second-order valence-corrected chi connectivity index (χ2v) is 8.22. The van der Waals surface area contributed by atoms with Crippen molar-refractivity contribution in [2.75, 3.05) is 0 Å². The van der Waals surface area contributed by atoms with E-state index in [1.165, 1.54) is 5.57 Å². The van der Waals surface area contributed by atoms with Gasteiger partial charge in [-0.05, 0) is 36.2 Å². The zero-order valence-corrected chi connectivity index (χ0v) is 13.3. The summed E-state index contributed by atoms with van der Waals surface area (Å²) in [6.45, 7) is 14.6. The van der Waals surface area contributed by atoms with E-state index in [0.717, 1.165) is 12.1 Å². The van der Waals surface area contributed by atoms with E-state index in [1.54, 1.807) is 0 Å². The zero-order chi connectivity index (χ0) is 14.6. The van der Waals surface area contributed by atoms with Gasteiger partial charge < -0.3 is 0 Å². The molecule has 0 N–H and O–H groups in total. The molecule has 108 valence electrons. The SMILES string of the molecule is CC1N=NC(CC2CC2(F)C(C)(C)C)=C1C(C)(C)C. The number of azo groups is 1. The summed E-state index contributed by atoms with van der Waals surface area (Å²) in [7, 11) is 0. The van der Waals surface area contributed by atoms with Crippen LogP contribution in [0.4, 0.5) is 4.39 Å². The lowest BCUT2D eigenvalue weighted by Crippen LogP contribution is -2.26. The normalized spacial score (nSPS) is 35.2. The molecular weight excluding hydrogens is 239 g/mol. The Morgan fingerprint density at radius 1 is 1.21 bits per heavy atom. The number of rotatable bonds is 2. The fourth-order valence-electron chi connectivity index (χ4n) is 3.40. The lowest BCUT2D eigenvalue weighted by atomic mass is 9.80. The smallest absolute Gasteiger partial charge is 0.119 e. The minimum absolute atomic E-state index is 0.0633. The van der Waals surface area contributed by atoms with Gasteiger partial charge >= 0.3 is 0 Å². The first-order valence-corrected chi connectivity index (χ1v) is 7.30. The standard InChI is InChI=1S/C16H27FN2/c1-10-13(14(2,3)4)12(19-18-10)8-11-9-16(11,17)15(5,6)7/h10-11H,8-9H2,1-7H3. The number of halogens is 1. The van der Waals surface area contributed by atoms with Crippen LogP contribution in [0.5, 0.6) is 0 Å². The average molecular weight is 266 g/mol. The van der Waals surface area contributed by atoms with Gasteiger partial charge in [-0.3, -0.25) is 0 Å². The largest absolute Gasteiger partial charge is 0.243 e. The highest BCUT2D eigenvalue weighted by Gasteiger charge is 2.62. The Morgan fingerprint density at radius 2 is 1.79 bits per heavy atom. The molecule has 0 aromatic rings. The minimum atomic E-state index is -1.02. The Hall–Kier alpha value is -0.730. The lowest BCUT2D eigenvalue weighted by Gasteiger charge is -2.26. The minimum Gasteiger partial charge on any atom is -0.243 e. The van der Waals surface area contributed by atoms with Crippen molar-refractivity contribution in [3.8, 4) is 0 Å². The van der Waals surface area contributed by atoms with E-state index in [9.17, 15) is 4.39 Å². The van der Waals surface area contributed by atoms with Crippen LogP contribution in [0.25, 0.3) is 0 Å². The maximum Gasteiger partial charge on any atom is 0.119 e. The molecule has 1 heterocycles. The van der Waals surface area contributed by atoms with Gasteiger partial charge in [0.05, 0.1) is 11.7 Å². The monoisotopic (exact) mass is 266 g/mol. The summed E-state index contributed by atoms with van der Waals surface area (Å²) < 4.78 is 14.8. The molecule has 0 spiro atoms. The molecule has 3 atom stereocenters. The van der Waals surface area contributed by atoms with Crippen LogP contribution in [0.2, 0.25) is 0 Å². The Labute approximate surface area is 116 Å². The van der Waals surface area contributed by atoms with Crippen molar-refractivity contribution in [3.05, 3.63) is 11.3 Å². The van der Waals surface area contributed by atoms with Crippen molar-refractivity contribution < 1.29 is 4.39 Å². The van der Waals surface area contributed by atoms with Gasteiger partial charge in [0.1, 0.15) is 5.67 Å². The Bertz CT molecular complexity index is 437. The molecule has 0 radical (unpaired) electrons.